The van der Waals surface area contributed by atoms with Crippen molar-refractivity contribution in [2.75, 3.05) is 0 Å². The quantitative estimate of drug-likeness (QED) is 0.795. The van der Waals surface area contributed by atoms with E-state index in [2.05, 4.69) is 4.98 Å². The summed E-state index contributed by atoms with van der Waals surface area (Å²) in [6, 6.07) is 10.1. The summed E-state index contributed by atoms with van der Waals surface area (Å²) in [5.74, 6) is 0.202. The second-order valence-electron chi connectivity index (χ2n) is 3.51. The number of aromatic hydroxyl groups is 1. The number of carbonyl (C=O) groups is 1. The van der Waals surface area contributed by atoms with Crippen LogP contribution in [0.4, 0.5) is 0 Å². The van der Waals surface area contributed by atoms with E-state index in [1.165, 1.54) is 0 Å². The maximum absolute atomic E-state index is 11.8. The number of carbonyl (C=O) groups excluding carboxylic acids is 1. The van der Waals surface area contributed by atoms with Gasteiger partial charge in [0.15, 0.2) is 5.78 Å². The van der Waals surface area contributed by atoms with E-state index in [1.807, 2.05) is 6.07 Å². The molecule has 1 heterocycles. The van der Waals surface area contributed by atoms with Crippen LogP contribution in [0.3, 0.4) is 0 Å². The second-order valence-corrected chi connectivity index (χ2v) is 3.51. The Bertz CT molecular complexity index is 494. The van der Waals surface area contributed by atoms with Gasteiger partial charge in [-0.25, -0.2) is 0 Å². The van der Waals surface area contributed by atoms with Gasteiger partial charge in [0.25, 0.3) is 0 Å². The molecule has 1 aromatic carbocycles. The van der Waals surface area contributed by atoms with E-state index in [0.717, 1.165) is 5.56 Å². The van der Waals surface area contributed by atoms with Gasteiger partial charge in [-0.15, -0.1) is 0 Å². The first-order chi connectivity index (χ1) is 7.75. The third kappa shape index (κ3) is 2.45. The minimum absolute atomic E-state index is 0.0213. The number of Topliss-reactive ketones (excluding diaryl/α,β-unsaturated/α-hetero) is 1. The molecule has 0 saturated carbocycles. The number of hydrogen-bond acceptors (Lipinski definition) is 3. The maximum atomic E-state index is 11.8. The van der Waals surface area contributed by atoms with Crippen LogP contribution in [-0.2, 0) is 6.42 Å². The first kappa shape index (κ1) is 10.4. The predicted molar refractivity (Wildman–Crippen MR) is 60.4 cm³/mol. The molecule has 0 saturated heterocycles. The number of rotatable bonds is 3. The summed E-state index contributed by atoms with van der Waals surface area (Å²) in [6.45, 7) is 0. The molecule has 0 atom stereocenters. The Balaban J connectivity index is 2.14. The Kier molecular flexibility index (Phi) is 2.96. The summed E-state index contributed by atoms with van der Waals surface area (Å²) >= 11 is 0. The predicted octanol–water partition coefficient (Wildman–Crippen LogP) is 2.21. The number of pyridine rings is 1. The van der Waals surface area contributed by atoms with E-state index in [-0.39, 0.29) is 11.5 Å². The molecule has 2 aromatic rings. The highest BCUT2D eigenvalue weighted by Crippen LogP contribution is 2.13. The molecule has 2 rings (SSSR count). The molecule has 0 unspecified atom stereocenters. The first-order valence-corrected chi connectivity index (χ1v) is 4.97. The van der Waals surface area contributed by atoms with Crippen molar-refractivity contribution < 1.29 is 9.90 Å². The Morgan fingerprint density at radius 1 is 1.19 bits per heavy atom. The fourth-order valence-corrected chi connectivity index (χ4v) is 1.49. The number of aromatic nitrogens is 1. The molecule has 16 heavy (non-hydrogen) atoms. The van der Waals surface area contributed by atoms with Crippen LogP contribution in [0.15, 0.2) is 48.8 Å². The molecule has 0 aliphatic heterocycles. The van der Waals surface area contributed by atoms with Gasteiger partial charge in [-0.3, -0.25) is 9.78 Å². The van der Waals surface area contributed by atoms with Gasteiger partial charge in [0.2, 0.25) is 0 Å². The largest absolute Gasteiger partial charge is 0.508 e. The molecule has 0 aliphatic carbocycles. The molecular weight excluding hydrogens is 202 g/mol. The molecule has 3 heteroatoms. The molecule has 0 spiro atoms. The molecular formula is C13H11NO2. The van der Waals surface area contributed by atoms with Crippen molar-refractivity contribution >= 4 is 5.78 Å². The molecule has 0 fully saturated rings. The maximum Gasteiger partial charge on any atom is 0.167 e. The summed E-state index contributed by atoms with van der Waals surface area (Å²) in [5, 5.41) is 9.28. The van der Waals surface area contributed by atoms with Crippen LogP contribution >= 0.6 is 0 Å². The SMILES string of the molecule is O=C(Cc1cccc(O)c1)c1ccncc1. The molecule has 0 radical (unpaired) electrons. The smallest absolute Gasteiger partial charge is 0.167 e. The van der Waals surface area contributed by atoms with Crippen LogP contribution in [-0.4, -0.2) is 15.9 Å². The Labute approximate surface area is 93.4 Å². The lowest BCUT2D eigenvalue weighted by atomic mass is 10.0. The van der Waals surface area contributed by atoms with Crippen molar-refractivity contribution in [3.05, 3.63) is 59.9 Å². The minimum atomic E-state index is 0.0213. The van der Waals surface area contributed by atoms with Gasteiger partial charge in [0.05, 0.1) is 0 Å². The van der Waals surface area contributed by atoms with Gasteiger partial charge in [-0.05, 0) is 29.8 Å². The second kappa shape index (κ2) is 4.57. The Morgan fingerprint density at radius 2 is 1.94 bits per heavy atom. The lowest BCUT2D eigenvalue weighted by Crippen LogP contribution is -2.03. The zero-order chi connectivity index (χ0) is 11.4. The number of benzene rings is 1. The third-order valence-electron chi connectivity index (χ3n) is 2.28. The highest BCUT2D eigenvalue weighted by atomic mass is 16.3. The molecule has 0 aliphatic rings. The first-order valence-electron chi connectivity index (χ1n) is 4.97. The third-order valence-corrected chi connectivity index (χ3v) is 2.28. The average molecular weight is 213 g/mol. The summed E-state index contributed by atoms with van der Waals surface area (Å²) < 4.78 is 0. The normalized spacial score (nSPS) is 10.0. The van der Waals surface area contributed by atoms with Crippen molar-refractivity contribution in [1.29, 1.82) is 0 Å². The van der Waals surface area contributed by atoms with Crippen molar-refractivity contribution in [2.45, 2.75) is 6.42 Å². The fraction of sp³-hybridized carbons (Fsp3) is 0.0769. The minimum Gasteiger partial charge on any atom is -0.508 e. The summed E-state index contributed by atoms with van der Waals surface area (Å²) in [5.41, 5.74) is 1.44. The standard InChI is InChI=1S/C13H11NO2/c15-12-3-1-2-10(8-12)9-13(16)11-4-6-14-7-5-11/h1-8,15H,9H2. The highest BCUT2D eigenvalue weighted by molar-refractivity contribution is 5.97. The van der Waals surface area contributed by atoms with E-state index < -0.39 is 0 Å². The molecule has 80 valence electrons. The number of hydrogen-bond donors (Lipinski definition) is 1. The topological polar surface area (TPSA) is 50.2 Å². The number of nitrogens with zero attached hydrogens (tertiary/aromatic N) is 1. The average Bonchev–Trinajstić information content (AvgIpc) is 2.30. The molecule has 1 N–H and O–H groups in total. The van der Waals surface area contributed by atoms with Crippen LogP contribution in [0.25, 0.3) is 0 Å². The van der Waals surface area contributed by atoms with Crippen LogP contribution in [0, 0.1) is 0 Å². The highest BCUT2D eigenvalue weighted by Gasteiger charge is 2.06. The van der Waals surface area contributed by atoms with Crippen molar-refractivity contribution in [1.82, 2.24) is 4.98 Å². The number of phenols is 1. The van der Waals surface area contributed by atoms with Gasteiger partial charge >= 0.3 is 0 Å². The van der Waals surface area contributed by atoms with Crippen LogP contribution in [0.2, 0.25) is 0 Å². The van der Waals surface area contributed by atoms with E-state index in [4.69, 9.17) is 0 Å². The van der Waals surface area contributed by atoms with Crippen molar-refractivity contribution in [3.8, 4) is 5.75 Å². The fourth-order valence-electron chi connectivity index (χ4n) is 1.49. The van der Waals surface area contributed by atoms with Gasteiger partial charge in [-0.2, -0.15) is 0 Å². The lowest BCUT2D eigenvalue weighted by molar-refractivity contribution is 0.0993. The molecule has 0 bridgehead atoms. The van der Waals surface area contributed by atoms with Gasteiger partial charge < -0.3 is 5.11 Å². The van der Waals surface area contributed by atoms with E-state index >= 15 is 0 Å². The summed E-state index contributed by atoms with van der Waals surface area (Å²) in [6.07, 6.45) is 3.48. The monoisotopic (exact) mass is 213 g/mol. The van der Waals surface area contributed by atoms with E-state index in [1.54, 1.807) is 42.7 Å². The zero-order valence-electron chi connectivity index (χ0n) is 8.63. The van der Waals surface area contributed by atoms with Gasteiger partial charge in [0, 0.05) is 24.4 Å². The van der Waals surface area contributed by atoms with Crippen LogP contribution in [0.1, 0.15) is 15.9 Å². The van der Waals surface area contributed by atoms with E-state index in [0.29, 0.717) is 12.0 Å². The molecule has 1 aromatic heterocycles. The van der Waals surface area contributed by atoms with Crippen LogP contribution in [0.5, 0.6) is 5.75 Å². The lowest BCUT2D eigenvalue weighted by Gasteiger charge is -2.01. The Morgan fingerprint density at radius 3 is 2.62 bits per heavy atom. The zero-order valence-corrected chi connectivity index (χ0v) is 8.63. The van der Waals surface area contributed by atoms with Crippen LogP contribution < -0.4 is 0 Å². The molecule has 0 amide bonds. The van der Waals surface area contributed by atoms with E-state index in [9.17, 15) is 9.90 Å². The number of phenolic OH excluding ortho intramolecular Hbond substituents is 1. The molecule has 3 nitrogen and oxygen atoms in total. The Hall–Kier alpha value is -2.16. The van der Waals surface area contributed by atoms with Gasteiger partial charge in [0.1, 0.15) is 5.75 Å². The van der Waals surface area contributed by atoms with Crippen molar-refractivity contribution in [3.63, 3.8) is 0 Å². The number of ketones is 1. The summed E-state index contributed by atoms with van der Waals surface area (Å²) in [4.78, 5) is 15.7. The van der Waals surface area contributed by atoms with Gasteiger partial charge in [-0.1, -0.05) is 12.1 Å². The summed E-state index contributed by atoms with van der Waals surface area (Å²) in [7, 11) is 0. The van der Waals surface area contributed by atoms with Crippen molar-refractivity contribution in [2.24, 2.45) is 0 Å².